The molecule has 142 valence electrons. The van der Waals surface area contributed by atoms with Gasteiger partial charge in [0.2, 0.25) is 0 Å². The molecule has 1 aliphatic heterocycles. The molecule has 3 rings (SSSR count). The average molecular weight is 364 g/mol. The number of rotatable bonds is 6. The van der Waals surface area contributed by atoms with E-state index < -0.39 is 0 Å². The minimum atomic E-state index is -0.335. The van der Waals surface area contributed by atoms with Gasteiger partial charge in [0.1, 0.15) is 0 Å². The summed E-state index contributed by atoms with van der Waals surface area (Å²) >= 11 is 0. The fourth-order valence-electron chi connectivity index (χ4n) is 3.45. The van der Waals surface area contributed by atoms with Gasteiger partial charge in [0.05, 0.1) is 7.11 Å². The maximum Gasteiger partial charge on any atom is 0.330 e. The molecular formula is C23H28N2O2. The number of carbonyl (C=O) groups is 1. The van der Waals surface area contributed by atoms with E-state index in [9.17, 15) is 4.79 Å². The lowest BCUT2D eigenvalue weighted by atomic mass is 10.0. The first-order valence-corrected chi connectivity index (χ1v) is 9.53. The number of ether oxygens (including phenoxy) is 1. The molecule has 2 aromatic rings. The molecule has 0 saturated carbocycles. The van der Waals surface area contributed by atoms with Gasteiger partial charge in [-0.25, -0.2) is 4.79 Å². The average Bonchev–Trinajstić information content (AvgIpc) is 2.70. The number of likely N-dealkylation sites (tertiary alicyclic amines) is 1. The molecule has 0 amide bonds. The number of hydrogen-bond donors (Lipinski definition) is 1. The molecule has 1 aliphatic rings. The summed E-state index contributed by atoms with van der Waals surface area (Å²) in [7, 11) is 1.39. The van der Waals surface area contributed by atoms with Gasteiger partial charge in [-0.3, -0.25) is 4.90 Å². The van der Waals surface area contributed by atoms with Crippen molar-refractivity contribution in [2.24, 2.45) is 0 Å². The van der Waals surface area contributed by atoms with E-state index in [2.05, 4.69) is 63.5 Å². The molecule has 0 radical (unpaired) electrons. The predicted molar refractivity (Wildman–Crippen MR) is 111 cm³/mol. The Bertz CT molecular complexity index is 778. The third kappa shape index (κ3) is 5.69. The maximum atomic E-state index is 11.3. The molecule has 0 spiro atoms. The van der Waals surface area contributed by atoms with Gasteiger partial charge in [0, 0.05) is 37.4 Å². The lowest BCUT2D eigenvalue weighted by molar-refractivity contribution is -0.134. The maximum absolute atomic E-state index is 11.3. The van der Waals surface area contributed by atoms with Crippen LogP contribution in [0, 0.1) is 6.92 Å². The number of nitrogens with zero attached hydrogens (tertiary/aromatic N) is 1. The van der Waals surface area contributed by atoms with Gasteiger partial charge in [-0.2, -0.15) is 0 Å². The van der Waals surface area contributed by atoms with Crippen molar-refractivity contribution in [1.29, 1.82) is 0 Å². The molecular weight excluding hydrogens is 336 g/mol. The minimum absolute atomic E-state index is 0.335. The van der Waals surface area contributed by atoms with Crippen LogP contribution in [0.25, 0.3) is 6.08 Å². The van der Waals surface area contributed by atoms with Crippen molar-refractivity contribution in [3.63, 3.8) is 0 Å². The molecule has 4 nitrogen and oxygen atoms in total. The lowest BCUT2D eigenvalue weighted by Gasteiger charge is -2.33. The number of methoxy groups -OCH3 is 1. The van der Waals surface area contributed by atoms with Crippen LogP contribution < -0.4 is 5.32 Å². The molecule has 0 unspecified atom stereocenters. The van der Waals surface area contributed by atoms with Crippen molar-refractivity contribution in [1.82, 2.24) is 4.90 Å². The Morgan fingerprint density at radius 2 is 1.93 bits per heavy atom. The number of esters is 1. The summed E-state index contributed by atoms with van der Waals surface area (Å²) in [6, 6.07) is 17.4. The van der Waals surface area contributed by atoms with Crippen LogP contribution in [-0.2, 0) is 16.1 Å². The number of carbonyl (C=O) groups excluding carboxylic acids is 1. The van der Waals surface area contributed by atoms with Crippen LogP contribution in [0.4, 0.5) is 5.69 Å². The van der Waals surface area contributed by atoms with Crippen LogP contribution in [0.3, 0.4) is 0 Å². The molecule has 0 aromatic heterocycles. The first-order valence-electron chi connectivity index (χ1n) is 9.53. The Morgan fingerprint density at radius 1 is 1.19 bits per heavy atom. The molecule has 4 heteroatoms. The van der Waals surface area contributed by atoms with Crippen LogP contribution in [-0.4, -0.2) is 37.1 Å². The molecule has 1 fully saturated rings. The van der Waals surface area contributed by atoms with Gasteiger partial charge in [0.25, 0.3) is 0 Å². The zero-order valence-corrected chi connectivity index (χ0v) is 16.2. The molecule has 27 heavy (non-hydrogen) atoms. The second-order valence-corrected chi connectivity index (χ2v) is 7.11. The van der Waals surface area contributed by atoms with Crippen molar-refractivity contribution < 1.29 is 9.53 Å². The molecule has 0 atom stereocenters. The fraction of sp³-hybridized carbons (Fsp3) is 0.348. The third-order valence-electron chi connectivity index (χ3n) is 5.09. The van der Waals surface area contributed by atoms with Crippen molar-refractivity contribution in [3.8, 4) is 0 Å². The van der Waals surface area contributed by atoms with Crippen molar-refractivity contribution in [2.75, 3.05) is 25.5 Å². The van der Waals surface area contributed by atoms with Crippen LogP contribution in [0.15, 0.2) is 54.6 Å². The molecule has 0 aliphatic carbocycles. The third-order valence-corrected chi connectivity index (χ3v) is 5.09. The summed E-state index contributed by atoms with van der Waals surface area (Å²) in [5.41, 5.74) is 4.65. The number of benzene rings is 2. The standard InChI is InChI=1S/C23H28N2O2/c1-18-8-10-22(16-20(18)9-11-23(26)27-2)24-21-12-14-25(15-13-21)17-19-6-4-3-5-7-19/h3-11,16,21,24H,12-15,17H2,1-2H3/b11-9+. The summed E-state index contributed by atoms with van der Waals surface area (Å²) in [6.45, 7) is 5.28. The van der Waals surface area contributed by atoms with Crippen molar-refractivity contribution >= 4 is 17.7 Å². The van der Waals surface area contributed by atoms with Crippen molar-refractivity contribution in [2.45, 2.75) is 32.4 Å². The van der Waals surface area contributed by atoms with Crippen molar-refractivity contribution in [3.05, 3.63) is 71.3 Å². The first kappa shape index (κ1) is 19.2. The van der Waals surface area contributed by atoms with Gasteiger partial charge in [-0.15, -0.1) is 0 Å². The SMILES string of the molecule is COC(=O)/C=C/c1cc(NC2CCN(Cc3ccccc3)CC2)ccc1C. The fourth-order valence-corrected chi connectivity index (χ4v) is 3.45. The summed E-state index contributed by atoms with van der Waals surface area (Å²) in [4.78, 5) is 13.9. The van der Waals surface area contributed by atoms with E-state index in [-0.39, 0.29) is 5.97 Å². The monoisotopic (exact) mass is 364 g/mol. The minimum Gasteiger partial charge on any atom is -0.466 e. The zero-order chi connectivity index (χ0) is 19.1. The molecule has 1 saturated heterocycles. The van der Waals surface area contributed by atoms with E-state index in [4.69, 9.17) is 0 Å². The summed E-state index contributed by atoms with van der Waals surface area (Å²) in [5, 5.41) is 3.66. The summed E-state index contributed by atoms with van der Waals surface area (Å²) in [5.74, 6) is -0.335. The highest BCUT2D eigenvalue weighted by molar-refractivity contribution is 5.87. The number of anilines is 1. The number of piperidine rings is 1. The van der Waals surface area contributed by atoms with Crippen LogP contribution in [0.2, 0.25) is 0 Å². The predicted octanol–water partition coefficient (Wildman–Crippen LogP) is 4.26. The van der Waals surface area contributed by atoms with Gasteiger partial charge in [-0.1, -0.05) is 36.4 Å². The largest absolute Gasteiger partial charge is 0.466 e. The Balaban J connectivity index is 1.54. The highest BCUT2D eigenvalue weighted by atomic mass is 16.5. The Kier molecular flexibility index (Phi) is 6.66. The van der Waals surface area contributed by atoms with Gasteiger partial charge >= 0.3 is 5.97 Å². The molecule has 0 bridgehead atoms. The van der Waals surface area contributed by atoms with Gasteiger partial charge in [-0.05, 0) is 54.7 Å². The van der Waals surface area contributed by atoms with E-state index in [1.54, 1.807) is 0 Å². The zero-order valence-electron chi connectivity index (χ0n) is 16.2. The van der Waals surface area contributed by atoms with E-state index >= 15 is 0 Å². The second-order valence-electron chi connectivity index (χ2n) is 7.11. The normalized spacial score (nSPS) is 15.8. The second kappa shape index (κ2) is 9.38. The Labute approximate surface area is 161 Å². The molecule has 1 heterocycles. The van der Waals surface area contributed by atoms with E-state index in [1.165, 1.54) is 18.7 Å². The smallest absolute Gasteiger partial charge is 0.330 e. The number of aryl methyl sites for hydroxylation is 1. The van der Waals surface area contributed by atoms with E-state index in [0.29, 0.717) is 6.04 Å². The van der Waals surface area contributed by atoms with Crippen LogP contribution >= 0.6 is 0 Å². The van der Waals surface area contributed by atoms with Gasteiger partial charge < -0.3 is 10.1 Å². The van der Waals surface area contributed by atoms with Gasteiger partial charge in [0.15, 0.2) is 0 Å². The Morgan fingerprint density at radius 3 is 2.63 bits per heavy atom. The Hall–Kier alpha value is -2.59. The summed E-state index contributed by atoms with van der Waals surface area (Å²) in [6.07, 6.45) is 5.55. The highest BCUT2D eigenvalue weighted by Crippen LogP contribution is 2.21. The first-order chi connectivity index (χ1) is 13.1. The highest BCUT2D eigenvalue weighted by Gasteiger charge is 2.19. The topological polar surface area (TPSA) is 41.6 Å². The molecule has 1 N–H and O–H groups in total. The van der Waals surface area contributed by atoms with E-state index in [1.807, 2.05) is 13.0 Å². The van der Waals surface area contributed by atoms with E-state index in [0.717, 1.165) is 49.3 Å². The summed E-state index contributed by atoms with van der Waals surface area (Å²) < 4.78 is 4.67. The number of nitrogens with one attached hydrogen (secondary N) is 1. The molecule has 2 aromatic carbocycles. The van der Waals surface area contributed by atoms with Crippen LogP contribution in [0.1, 0.15) is 29.5 Å². The lowest BCUT2D eigenvalue weighted by Crippen LogP contribution is -2.38. The quantitative estimate of drug-likeness (QED) is 0.614. The van der Waals surface area contributed by atoms with Crippen LogP contribution in [0.5, 0.6) is 0 Å². The number of hydrogen-bond acceptors (Lipinski definition) is 4.